The minimum Gasteiger partial charge on any atom is -0.359 e. The summed E-state index contributed by atoms with van der Waals surface area (Å²) in [6, 6.07) is 0. The molecule has 68 valence electrons. The summed E-state index contributed by atoms with van der Waals surface area (Å²) in [6.07, 6.45) is 6.50. The highest BCUT2D eigenvalue weighted by atomic mass is 16.1. The minimum atomic E-state index is -0.658. The number of amides is 1. The van der Waals surface area contributed by atoms with Crippen LogP contribution in [0.15, 0.2) is 24.8 Å². The van der Waals surface area contributed by atoms with Crippen molar-refractivity contribution in [2.24, 2.45) is 5.73 Å². The lowest BCUT2D eigenvalue weighted by molar-refractivity contribution is -0.112. The molecule has 1 amide bonds. The van der Waals surface area contributed by atoms with E-state index in [0.717, 1.165) is 0 Å². The lowest BCUT2D eigenvalue weighted by Crippen LogP contribution is -2.06. The SMILES string of the molecule is NC(=O)C#Cc1cnc2cnccn12. The lowest BCUT2D eigenvalue weighted by Gasteiger charge is -1.91. The number of carbonyl (C=O) groups excluding carboxylic acids is 1. The predicted octanol–water partition coefficient (Wildman–Crippen LogP) is -0.434. The highest BCUT2D eigenvalue weighted by Gasteiger charge is 1.98. The van der Waals surface area contributed by atoms with Gasteiger partial charge in [0.05, 0.1) is 12.4 Å². The van der Waals surface area contributed by atoms with E-state index in [4.69, 9.17) is 5.73 Å². The molecule has 0 saturated carbocycles. The average molecular weight is 186 g/mol. The molecule has 0 fully saturated rings. The number of fused-ring (bicyclic) bond motifs is 1. The van der Waals surface area contributed by atoms with Gasteiger partial charge in [-0.25, -0.2) is 4.98 Å². The van der Waals surface area contributed by atoms with Gasteiger partial charge < -0.3 is 5.73 Å². The zero-order chi connectivity index (χ0) is 9.97. The van der Waals surface area contributed by atoms with Crippen LogP contribution in [0.3, 0.4) is 0 Å². The number of hydrogen-bond acceptors (Lipinski definition) is 3. The molecule has 0 saturated heterocycles. The van der Waals surface area contributed by atoms with Gasteiger partial charge in [0.2, 0.25) is 0 Å². The summed E-state index contributed by atoms with van der Waals surface area (Å²) >= 11 is 0. The van der Waals surface area contributed by atoms with Crippen LogP contribution in [0.2, 0.25) is 0 Å². The zero-order valence-corrected chi connectivity index (χ0v) is 7.14. The first-order valence-electron chi connectivity index (χ1n) is 3.86. The second kappa shape index (κ2) is 3.18. The molecule has 0 aromatic carbocycles. The van der Waals surface area contributed by atoms with Gasteiger partial charge in [0.25, 0.3) is 5.91 Å². The molecule has 0 aliphatic carbocycles. The zero-order valence-electron chi connectivity index (χ0n) is 7.14. The largest absolute Gasteiger partial charge is 0.359 e. The van der Waals surface area contributed by atoms with E-state index >= 15 is 0 Å². The van der Waals surface area contributed by atoms with E-state index in [-0.39, 0.29) is 0 Å². The first kappa shape index (κ1) is 8.26. The lowest BCUT2D eigenvalue weighted by atomic mass is 10.4. The van der Waals surface area contributed by atoms with Gasteiger partial charge in [0.15, 0.2) is 5.65 Å². The molecule has 0 bridgehead atoms. The molecule has 14 heavy (non-hydrogen) atoms. The molecule has 5 nitrogen and oxygen atoms in total. The van der Waals surface area contributed by atoms with E-state index in [1.54, 1.807) is 29.2 Å². The van der Waals surface area contributed by atoms with E-state index < -0.39 is 5.91 Å². The van der Waals surface area contributed by atoms with Crippen LogP contribution in [0, 0.1) is 11.8 Å². The van der Waals surface area contributed by atoms with Gasteiger partial charge in [0, 0.05) is 18.3 Å². The average Bonchev–Trinajstić information content (AvgIpc) is 2.58. The summed E-state index contributed by atoms with van der Waals surface area (Å²) in [5.74, 6) is 4.20. The van der Waals surface area contributed by atoms with Crippen LogP contribution in [-0.2, 0) is 4.79 Å². The molecule has 0 aliphatic heterocycles. The Bertz CT molecular complexity index is 546. The number of rotatable bonds is 0. The molecule has 2 rings (SSSR count). The summed E-state index contributed by atoms with van der Waals surface area (Å²) in [5.41, 5.74) is 6.19. The first-order chi connectivity index (χ1) is 6.77. The van der Waals surface area contributed by atoms with Crippen LogP contribution >= 0.6 is 0 Å². The van der Waals surface area contributed by atoms with Crippen molar-refractivity contribution in [3.63, 3.8) is 0 Å². The Kier molecular flexibility index (Phi) is 1.88. The van der Waals surface area contributed by atoms with E-state index in [1.807, 2.05) is 0 Å². The summed E-state index contributed by atoms with van der Waals surface area (Å²) < 4.78 is 1.73. The molecule has 2 N–H and O–H groups in total. The summed E-state index contributed by atoms with van der Waals surface area (Å²) in [7, 11) is 0. The monoisotopic (exact) mass is 186 g/mol. The number of imidazole rings is 1. The number of carbonyl (C=O) groups is 1. The smallest absolute Gasteiger partial charge is 0.293 e. The number of nitrogens with two attached hydrogens (primary N) is 1. The molecule has 0 radical (unpaired) electrons. The minimum absolute atomic E-state index is 0.612. The van der Waals surface area contributed by atoms with Gasteiger partial charge in [-0.3, -0.25) is 14.2 Å². The van der Waals surface area contributed by atoms with Gasteiger partial charge in [0.1, 0.15) is 5.69 Å². The Labute approximate surface area is 79.6 Å². The van der Waals surface area contributed by atoms with Crippen molar-refractivity contribution in [1.82, 2.24) is 14.4 Å². The summed E-state index contributed by atoms with van der Waals surface area (Å²) in [6.45, 7) is 0. The Morgan fingerprint density at radius 1 is 1.50 bits per heavy atom. The Morgan fingerprint density at radius 3 is 3.14 bits per heavy atom. The highest BCUT2D eigenvalue weighted by Crippen LogP contribution is 2.02. The molecule has 0 aliphatic rings. The Balaban J connectivity index is 2.55. The number of primary amides is 1. The van der Waals surface area contributed by atoms with Gasteiger partial charge in [-0.1, -0.05) is 0 Å². The van der Waals surface area contributed by atoms with Crippen LogP contribution in [0.5, 0.6) is 0 Å². The summed E-state index contributed by atoms with van der Waals surface area (Å²) in [5, 5.41) is 0. The molecular weight excluding hydrogens is 180 g/mol. The Morgan fingerprint density at radius 2 is 2.36 bits per heavy atom. The first-order valence-corrected chi connectivity index (χ1v) is 3.86. The van der Waals surface area contributed by atoms with E-state index in [1.165, 1.54) is 0 Å². The van der Waals surface area contributed by atoms with Crippen LogP contribution in [0.1, 0.15) is 5.69 Å². The van der Waals surface area contributed by atoms with Crippen LogP contribution in [0.25, 0.3) is 5.65 Å². The van der Waals surface area contributed by atoms with Crippen molar-refractivity contribution < 1.29 is 4.79 Å². The molecule has 5 heteroatoms. The third-order valence-corrected chi connectivity index (χ3v) is 1.63. The third kappa shape index (κ3) is 1.41. The molecule has 0 atom stereocenters. The second-order valence-corrected chi connectivity index (χ2v) is 2.56. The maximum Gasteiger partial charge on any atom is 0.293 e. The predicted molar refractivity (Wildman–Crippen MR) is 49.1 cm³/mol. The van der Waals surface area contributed by atoms with Crippen LogP contribution in [0.4, 0.5) is 0 Å². The number of aromatic nitrogens is 3. The van der Waals surface area contributed by atoms with E-state index in [2.05, 4.69) is 21.8 Å². The van der Waals surface area contributed by atoms with Crippen LogP contribution < -0.4 is 5.73 Å². The fourth-order valence-corrected chi connectivity index (χ4v) is 1.06. The topological polar surface area (TPSA) is 73.3 Å². The van der Waals surface area contributed by atoms with Gasteiger partial charge in [-0.05, 0) is 5.92 Å². The van der Waals surface area contributed by atoms with Crippen molar-refractivity contribution >= 4 is 11.6 Å². The quantitative estimate of drug-likeness (QED) is 0.567. The fourth-order valence-electron chi connectivity index (χ4n) is 1.06. The molecule has 2 heterocycles. The Hall–Kier alpha value is -2.35. The maximum absolute atomic E-state index is 10.4. The van der Waals surface area contributed by atoms with Crippen molar-refractivity contribution in [3.05, 3.63) is 30.5 Å². The molecule has 2 aromatic rings. The van der Waals surface area contributed by atoms with Gasteiger partial charge in [-0.2, -0.15) is 0 Å². The molecule has 2 aromatic heterocycles. The maximum atomic E-state index is 10.4. The number of nitrogens with zero attached hydrogens (tertiary/aromatic N) is 3. The van der Waals surface area contributed by atoms with Crippen molar-refractivity contribution in [3.8, 4) is 11.8 Å². The van der Waals surface area contributed by atoms with Crippen molar-refractivity contribution in [1.29, 1.82) is 0 Å². The normalized spacial score (nSPS) is 9.43. The second-order valence-electron chi connectivity index (χ2n) is 2.56. The van der Waals surface area contributed by atoms with E-state index in [9.17, 15) is 4.79 Å². The van der Waals surface area contributed by atoms with Crippen LogP contribution in [-0.4, -0.2) is 20.3 Å². The molecule has 0 spiro atoms. The number of hydrogen-bond donors (Lipinski definition) is 1. The summed E-state index contributed by atoms with van der Waals surface area (Å²) in [4.78, 5) is 18.4. The third-order valence-electron chi connectivity index (χ3n) is 1.63. The van der Waals surface area contributed by atoms with E-state index in [0.29, 0.717) is 11.3 Å². The van der Waals surface area contributed by atoms with Crippen molar-refractivity contribution in [2.45, 2.75) is 0 Å². The fraction of sp³-hybridized carbons (Fsp3) is 0. The van der Waals surface area contributed by atoms with Gasteiger partial charge in [-0.15, -0.1) is 0 Å². The van der Waals surface area contributed by atoms with Gasteiger partial charge >= 0.3 is 0 Å². The molecule has 0 unspecified atom stereocenters. The standard InChI is InChI=1S/C9H6N4O/c10-8(14)2-1-7-5-12-9-6-11-3-4-13(7)9/h3-6H,(H2,10,14). The molecular formula is C9H6N4O. The highest BCUT2D eigenvalue weighted by molar-refractivity contribution is 5.92. The van der Waals surface area contributed by atoms with Crippen molar-refractivity contribution in [2.75, 3.05) is 0 Å².